The van der Waals surface area contributed by atoms with E-state index < -0.39 is 0 Å². The molecule has 0 bridgehead atoms. The minimum Gasteiger partial charge on any atom is -0.467 e. The summed E-state index contributed by atoms with van der Waals surface area (Å²) in [5.74, 6) is 0.846. The molecule has 0 saturated heterocycles. The fourth-order valence-electron chi connectivity index (χ4n) is 1.58. The first-order valence-corrected chi connectivity index (χ1v) is 5.92. The molecule has 17 heavy (non-hydrogen) atoms. The van der Waals surface area contributed by atoms with E-state index in [-0.39, 0.29) is 18.7 Å². The minimum absolute atomic E-state index is 0.174. The van der Waals surface area contributed by atoms with E-state index in [1.54, 1.807) is 19.1 Å². The van der Waals surface area contributed by atoms with E-state index in [1.807, 2.05) is 0 Å². The SMILES string of the molecule is C[C@@H](N)c1ccc(OCOCC2CC2)cc1F. The van der Waals surface area contributed by atoms with Gasteiger partial charge in [-0.25, -0.2) is 4.39 Å². The Morgan fingerprint density at radius 2 is 2.24 bits per heavy atom. The van der Waals surface area contributed by atoms with E-state index in [2.05, 4.69) is 0 Å². The molecule has 2 rings (SSSR count). The van der Waals surface area contributed by atoms with Crippen LogP contribution in [0.2, 0.25) is 0 Å². The molecular weight excluding hydrogens is 221 g/mol. The van der Waals surface area contributed by atoms with Crippen molar-refractivity contribution >= 4 is 0 Å². The summed E-state index contributed by atoms with van der Waals surface area (Å²) in [4.78, 5) is 0. The third kappa shape index (κ3) is 3.68. The van der Waals surface area contributed by atoms with Gasteiger partial charge in [-0.2, -0.15) is 0 Å². The maximum atomic E-state index is 13.5. The Bertz CT molecular complexity index is 378. The second-order valence-electron chi connectivity index (χ2n) is 4.55. The first kappa shape index (κ1) is 12.3. The highest BCUT2D eigenvalue weighted by molar-refractivity contribution is 5.30. The quantitative estimate of drug-likeness (QED) is 0.613. The molecule has 0 unspecified atom stereocenters. The Kier molecular flexibility index (Phi) is 3.97. The molecule has 0 aliphatic heterocycles. The van der Waals surface area contributed by atoms with E-state index in [9.17, 15) is 4.39 Å². The molecule has 0 radical (unpaired) electrons. The molecule has 1 aliphatic rings. The molecular formula is C13H18FNO2. The molecule has 0 heterocycles. The van der Waals surface area contributed by atoms with E-state index in [4.69, 9.17) is 15.2 Å². The van der Waals surface area contributed by atoms with Crippen LogP contribution in [0.5, 0.6) is 5.75 Å². The van der Waals surface area contributed by atoms with Crippen molar-refractivity contribution in [3.05, 3.63) is 29.6 Å². The molecule has 0 amide bonds. The average molecular weight is 239 g/mol. The molecule has 1 aliphatic carbocycles. The molecule has 2 N–H and O–H groups in total. The number of halogens is 1. The second-order valence-corrected chi connectivity index (χ2v) is 4.55. The molecule has 3 nitrogen and oxygen atoms in total. The lowest BCUT2D eigenvalue weighted by molar-refractivity contribution is 0.00982. The molecule has 1 aromatic carbocycles. The molecule has 1 aromatic rings. The summed E-state index contributed by atoms with van der Waals surface area (Å²) < 4.78 is 24.2. The summed E-state index contributed by atoms with van der Waals surface area (Å²) >= 11 is 0. The van der Waals surface area contributed by atoms with E-state index in [1.165, 1.54) is 18.9 Å². The van der Waals surface area contributed by atoms with Crippen molar-refractivity contribution in [2.75, 3.05) is 13.4 Å². The Labute approximate surface area is 101 Å². The van der Waals surface area contributed by atoms with Crippen LogP contribution in [0.3, 0.4) is 0 Å². The van der Waals surface area contributed by atoms with Crippen LogP contribution in [0.4, 0.5) is 4.39 Å². The summed E-state index contributed by atoms with van der Waals surface area (Å²) in [5.41, 5.74) is 6.12. The number of nitrogens with two attached hydrogens (primary N) is 1. The van der Waals surface area contributed by atoms with Gasteiger partial charge in [0, 0.05) is 17.7 Å². The molecule has 1 fully saturated rings. The van der Waals surface area contributed by atoms with E-state index in [0.29, 0.717) is 17.2 Å². The lowest BCUT2D eigenvalue weighted by Gasteiger charge is -2.10. The van der Waals surface area contributed by atoms with Gasteiger partial charge in [0.15, 0.2) is 6.79 Å². The van der Waals surface area contributed by atoms with Gasteiger partial charge in [-0.15, -0.1) is 0 Å². The summed E-state index contributed by atoms with van der Waals surface area (Å²) in [6.45, 7) is 2.66. The van der Waals surface area contributed by atoms with Crippen LogP contribution >= 0.6 is 0 Å². The van der Waals surface area contributed by atoms with Crippen LogP contribution in [0.25, 0.3) is 0 Å². The summed E-state index contributed by atoms with van der Waals surface area (Å²) in [6, 6.07) is 4.40. The Balaban J connectivity index is 1.81. The Hall–Kier alpha value is -1.13. The highest BCUT2D eigenvalue weighted by Crippen LogP contribution is 2.28. The van der Waals surface area contributed by atoms with Crippen molar-refractivity contribution in [1.82, 2.24) is 0 Å². The smallest absolute Gasteiger partial charge is 0.189 e. The predicted octanol–water partition coefficient (Wildman–Crippen LogP) is 2.61. The van der Waals surface area contributed by atoms with Gasteiger partial charge >= 0.3 is 0 Å². The van der Waals surface area contributed by atoms with Gasteiger partial charge < -0.3 is 15.2 Å². The number of rotatable bonds is 6. The van der Waals surface area contributed by atoms with Crippen molar-refractivity contribution in [3.8, 4) is 5.75 Å². The number of ether oxygens (including phenoxy) is 2. The lowest BCUT2D eigenvalue weighted by atomic mass is 10.1. The van der Waals surface area contributed by atoms with Crippen molar-refractivity contribution < 1.29 is 13.9 Å². The molecule has 94 valence electrons. The van der Waals surface area contributed by atoms with Crippen molar-refractivity contribution in [3.63, 3.8) is 0 Å². The summed E-state index contributed by atoms with van der Waals surface area (Å²) in [5, 5.41) is 0. The zero-order chi connectivity index (χ0) is 12.3. The van der Waals surface area contributed by atoms with E-state index >= 15 is 0 Å². The van der Waals surface area contributed by atoms with Crippen LogP contribution in [-0.4, -0.2) is 13.4 Å². The van der Waals surface area contributed by atoms with E-state index in [0.717, 1.165) is 6.61 Å². The van der Waals surface area contributed by atoms with Crippen LogP contribution in [0.15, 0.2) is 18.2 Å². The average Bonchev–Trinajstić information content (AvgIpc) is 3.08. The highest BCUT2D eigenvalue weighted by atomic mass is 19.1. The van der Waals surface area contributed by atoms with Gasteiger partial charge in [-0.1, -0.05) is 6.07 Å². The Morgan fingerprint density at radius 1 is 1.47 bits per heavy atom. The number of benzene rings is 1. The largest absolute Gasteiger partial charge is 0.467 e. The molecule has 1 atom stereocenters. The van der Waals surface area contributed by atoms with Gasteiger partial charge in [0.2, 0.25) is 0 Å². The zero-order valence-electron chi connectivity index (χ0n) is 9.99. The maximum absolute atomic E-state index is 13.5. The number of hydrogen-bond acceptors (Lipinski definition) is 3. The third-order valence-electron chi connectivity index (χ3n) is 2.82. The van der Waals surface area contributed by atoms with Gasteiger partial charge in [0.1, 0.15) is 11.6 Å². The predicted molar refractivity (Wildman–Crippen MR) is 63.2 cm³/mol. The first-order chi connectivity index (χ1) is 8.16. The molecule has 4 heteroatoms. The fourth-order valence-corrected chi connectivity index (χ4v) is 1.58. The van der Waals surface area contributed by atoms with Crippen molar-refractivity contribution in [2.45, 2.75) is 25.8 Å². The first-order valence-electron chi connectivity index (χ1n) is 5.92. The van der Waals surface area contributed by atoms with Crippen LogP contribution in [-0.2, 0) is 4.74 Å². The van der Waals surface area contributed by atoms with Gasteiger partial charge in [-0.05, 0) is 31.7 Å². The molecule has 0 spiro atoms. The summed E-state index contributed by atoms with van der Waals surface area (Å²) in [7, 11) is 0. The second kappa shape index (κ2) is 5.47. The molecule has 1 saturated carbocycles. The normalized spacial score (nSPS) is 16.9. The highest BCUT2D eigenvalue weighted by Gasteiger charge is 2.21. The zero-order valence-corrected chi connectivity index (χ0v) is 9.99. The standard InChI is InChI=1S/C13H18FNO2/c1-9(15)12-5-4-11(6-13(12)14)17-8-16-7-10-2-3-10/h4-6,9-10H,2-3,7-8,15H2,1H3/t9-/m1/s1. The lowest BCUT2D eigenvalue weighted by Crippen LogP contribution is -2.08. The topological polar surface area (TPSA) is 44.5 Å². The van der Waals surface area contributed by atoms with Crippen LogP contribution in [0, 0.1) is 11.7 Å². The monoisotopic (exact) mass is 239 g/mol. The third-order valence-corrected chi connectivity index (χ3v) is 2.82. The van der Waals surface area contributed by atoms with Crippen molar-refractivity contribution in [1.29, 1.82) is 0 Å². The summed E-state index contributed by atoms with van der Waals surface area (Å²) in [6.07, 6.45) is 2.50. The Morgan fingerprint density at radius 3 is 2.82 bits per heavy atom. The van der Waals surface area contributed by atoms with Gasteiger partial charge in [-0.3, -0.25) is 0 Å². The molecule has 0 aromatic heterocycles. The maximum Gasteiger partial charge on any atom is 0.189 e. The van der Waals surface area contributed by atoms with Gasteiger partial charge in [0.05, 0.1) is 6.61 Å². The fraction of sp³-hybridized carbons (Fsp3) is 0.538. The van der Waals surface area contributed by atoms with Crippen LogP contribution < -0.4 is 10.5 Å². The van der Waals surface area contributed by atoms with Crippen molar-refractivity contribution in [2.24, 2.45) is 11.7 Å². The number of hydrogen-bond donors (Lipinski definition) is 1. The minimum atomic E-state index is -0.334. The van der Waals surface area contributed by atoms with Gasteiger partial charge in [0.25, 0.3) is 0 Å². The van der Waals surface area contributed by atoms with Crippen LogP contribution in [0.1, 0.15) is 31.4 Å².